The first-order chi connectivity index (χ1) is 10.6. The number of rotatable bonds is 4. The van der Waals surface area contributed by atoms with Gasteiger partial charge in [0.25, 0.3) is 0 Å². The fourth-order valence-corrected chi connectivity index (χ4v) is 3.12. The van der Waals surface area contributed by atoms with Crippen molar-refractivity contribution in [3.8, 4) is 0 Å². The molecule has 0 spiro atoms. The molecule has 2 aliphatic rings. The van der Waals surface area contributed by atoms with Crippen LogP contribution in [0.25, 0.3) is 0 Å². The number of likely N-dealkylation sites (tertiary alicyclic amines) is 1. The molecule has 0 saturated carbocycles. The average molecular weight is 303 g/mol. The zero-order valence-electron chi connectivity index (χ0n) is 13.3. The Balaban J connectivity index is 1.74. The molecule has 1 atom stereocenters. The van der Waals surface area contributed by atoms with Gasteiger partial charge in [-0.3, -0.25) is 0 Å². The molecule has 22 heavy (non-hydrogen) atoms. The summed E-state index contributed by atoms with van der Waals surface area (Å²) in [6.45, 7) is 5.16. The van der Waals surface area contributed by atoms with E-state index in [1.807, 2.05) is 18.3 Å². The van der Waals surface area contributed by atoms with Gasteiger partial charge in [-0.05, 0) is 52.0 Å². The number of allylic oxidation sites excluding steroid dienone is 1. The molecule has 0 radical (unpaired) electrons. The van der Waals surface area contributed by atoms with Gasteiger partial charge in [-0.25, -0.2) is 4.39 Å². The van der Waals surface area contributed by atoms with Crippen molar-refractivity contribution in [3.05, 3.63) is 42.0 Å². The molecule has 1 aromatic carbocycles. The molecule has 1 fully saturated rings. The fraction of sp³-hybridized carbons (Fsp3) is 0.471. The van der Waals surface area contributed by atoms with E-state index in [-0.39, 0.29) is 5.82 Å². The van der Waals surface area contributed by atoms with Crippen molar-refractivity contribution in [1.82, 2.24) is 14.8 Å². The lowest BCUT2D eigenvalue weighted by Crippen LogP contribution is -2.41. The molecule has 0 bridgehead atoms. The van der Waals surface area contributed by atoms with E-state index in [4.69, 9.17) is 0 Å². The van der Waals surface area contributed by atoms with Gasteiger partial charge < -0.3 is 10.2 Å². The Kier molecular flexibility index (Phi) is 4.27. The summed E-state index contributed by atoms with van der Waals surface area (Å²) in [5.41, 5.74) is 2.06. The van der Waals surface area contributed by atoms with E-state index < -0.39 is 0 Å². The van der Waals surface area contributed by atoms with Crippen molar-refractivity contribution in [2.24, 2.45) is 5.10 Å². The van der Waals surface area contributed by atoms with Crippen LogP contribution in [0.3, 0.4) is 0 Å². The number of nitrogens with one attached hydrogen (secondary N) is 1. The van der Waals surface area contributed by atoms with E-state index in [0.717, 1.165) is 43.9 Å². The lowest BCUT2D eigenvalue weighted by Gasteiger charge is -2.29. The SMILES string of the molecule is CC[N+]1(c2ccc(F)cc2)C=C(NC2CCN(C)CC2)C=N1. The van der Waals surface area contributed by atoms with Crippen LogP contribution in [-0.2, 0) is 0 Å². The zero-order chi connectivity index (χ0) is 15.6. The van der Waals surface area contributed by atoms with Crippen molar-refractivity contribution in [3.63, 3.8) is 0 Å². The number of piperidine rings is 1. The quantitative estimate of drug-likeness (QED) is 0.866. The van der Waals surface area contributed by atoms with Crippen LogP contribution < -0.4 is 9.91 Å². The second-order valence-corrected chi connectivity index (χ2v) is 6.17. The van der Waals surface area contributed by atoms with Gasteiger partial charge in [0.15, 0.2) is 11.9 Å². The number of hydrogen-bond donors (Lipinski definition) is 1. The smallest absolute Gasteiger partial charge is 0.164 e. The third-order valence-electron chi connectivity index (χ3n) is 4.60. The molecule has 1 saturated heterocycles. The summed E-state index contributed by atoms with van der Waals surface area (Å²) in [6, 6.07) is 7.13. The predicted molar refractivity (Wildman–Crippen MR) is 89.0 cm³/mol. The second kappa shape index (κ2) is 6.18. The maximum atomic E-state index is 13.1. The van der Waals surface area contributed by atoms with Gasteiger partial charge in [0.1, 0.15) is 24.3 Å². The van der Waals surface area contributed by atoms with Crippen molar-refractivity contribution in [2.75, 3.05) is 26.7 Å². The van der Waals surface area contributed by atoms with E-state index in [0.29, 0.717) is 10.6 Å². The molecular formula is C17H24FN4+. The van der Waals surface area contributed by atoms with Crippen LogP contribution in [0.4, 0.5) is 10.1 Å². The number of nitrogens with zero attached hydrogens (tertiary/aromatic N) is 3. The van der Waals surface area contributed by atoms with Gasteiger partial charge in [-0.1, -0.05) is 5.10 Å². The molecule has 2 aliphatic heterocycles. The minimum atomic E-state index is -0.213. The number of benzene rings is 1. The lowest BCUT2D eigenvalue weighted by molar-refractivity contribution is 0.242. The third kappa shape index (κ3) is 3.05. The van der Waals surface area contributed by atoms with Crippen LogP contribution in [0.1, 0.15) is 19.8 Å². The van der Waals surface area contributed by atoms with Crippen LogP contribution in [0, 0.1) is 5.82 Å². The summed E-state index contributed by atoms with van der Waals surface area (Å²) >= 11 is 0. The Morgan fingerprint density at radius 3 is 2.59 bits per heavy atom. The molecule has 1 N–H and O–H groups in total. The topological polar surface area (TPSA) is 27.6 Å². The van der Waals surface area contributed by atoms with Gasteiger partial charge >= 0.3 is 0 Å². The average Bonchev–Trinajstić information content (AvgIpc) is 2.95. The fourth-order valence-electron chi connectivity index (χ4n) is 3.12. The Morgan fingerprint density at radius 1 is 1.27 bits per heavy atom. The van der Waals surface area contributed by atoms with Gasteiger partial charge in [-0.15, -0.1) is 4.59 Å². The number of quaternary nitrogens is 1. The molecular weight excluding hydrogens is 279 g/mol. The maximum absolute atomic E-state index is 13.1. The van der Waals surface area contributed by atoms with E-state index in [1.165, 1.54) is 12.1 Å². The number of halogens is 1. The summed E-state index contributed by atoms with van der Waals surface area (Å²) in [6.07, 6.45) is 6.35. The first-order valence-corrected chi connectivity index (χ1v) is 7.99. The van der Waals surface area contributed by atoms with Gasteiger partial charge in [0.2, 0.25) is 0 Å². The van der Waals surface area contributed by atoms with Crippen LogP contribution in [0.2, 0.25) is 0 Å². The lowest BCUT2D eigenvalue weighted by atomic mass is 10.1. The van der Waals surface area contributed by atoms with E-state index >= 15 is 0 Å². The Morgan fingerprint density at radius 2 is 1.95 bits per heavy atom. The van der Waals surface area contributed by atoms with Crippen LogP contribution >= 0.6 is 0 Å². The Hall–Kier alpha value is -1.72. The Bertz CT molecular complexity index is 573. The molecule has 0 aliphatic carbocycles. The highest BCUT2D eigenvalue weighted by atomic mass is 19.1. The van der Waals surface area contributed by atoms with Gasteiger partial charge in [0, 0.05) is 18.2 Å². The van der Waals surface area contributed by atoms with Gasteiger partial charge in [0.05, 0.1) is 0 Å². The van der Waals surface area contributed by atoms with Crippen LogP contribution in [0.15, 0.2) is 41.3 Å². The minimum absolute atomic E-state index is 0.213. The first-order valence-electron chi connectivity index (χ1n) is 7.99. The zero-order valence-corrected chi connectivity index (χ0v) is 13.3. The van der Waals surface area contributed by atoms with Crippen LogP contribution in [0.5, 0.6) is 0 Å². The molecule has 118 valence electrons. The first kappa shape index (κ1) is 15.2. The summed E-state index contributed by atoms with van der Waals surface area (Å²) < 4.78 is 13.5. The third-order valence-corrected chi connectivity index (χ3v) is 4.60. The second-order valence-electron chi connectivity index (χ2n) is 6.17. The molecule has 5 heteroatoms. The van der Waals surface area contributed by atoms with Gasteiger partial charge in [-0.2, -0.15) is 0 Å². The van der Waals surface area contributed by atoms with Crippen molar-refractivity contribution >= 4 is 11.9 Å². The monoisotopic (exact) mass is 303 g/mol. The number of hydrogen-bond acceptors (Lipinski definition) is 3. The summed E-state index contributed by atoms with van der Waals surface area (Å²) in [5.74, 6) is -0.213. The summed E-state index contributed by atoms with van der Waals surface area (Å²) in [5, 5.41) is 8.28. The van der Waals surface area contributed by atoms with E-state index in [2.05, 4.69) is 35.5 Å². The highest BCUT2D eigenvalue weighted by Crippen LogP contribution is 2.28. The predicted octanol–water partition coefficient (Wildman–Crippen LogP) is 2.68. The maximum Gasteiger partial charge on any atom is 0.164 e. The van der Waals surface area contributed by atoms with Crippen molar-refractivity contribution in [2.45, 2.75) is 25.8 Å². The van der Waals surface area contributed by atoms with E-state index in [1.54, 1.807) is 0 Å². The van der Waals surface area contributed by atoms with Crippen molar-refractivity contribution in [1.29, 1.82) is 0 Å². The summed E-state index contributed by atoms with van der Waals surface area (Å²) in [7, 11) is 2.17. The molecule has 4 nitrogen and oxygen atoms in total. The highest BCUT2D eigenvalue weighted by molar-refractivity contribution is 5.81. The van der Waals surface area contributed by atoms with Crippen LogP contribution in [-0.4, -0.2) is 43.8 Å². The van der Waals surface area contributed by atoms with Crippen molar-refractivity contribution < 1.29 is 4.39 Å². The molecule has 0 aromatic heterocycles. The molecule has 0 amide bonds. The summed E-state index contributed by atoms with van der Waals surface area (Å²) in [4.78, 5) is 2.36. The molecule has 1 unspecified atom stereocenters. The Labute approximate surface area is 131 Å². The molecule has 1 aromatic rings. The van der Waals surface area contributed by atoms with E-state index in [9.17, 15) is 4.39 Å². The highest BCUT2D eigenvalue weighted by Gasteiger charge is 2.32. The molecule has 3 rings (SSSR count). The standard InChI is InChI=1S/C17H24FN4/c1-3-22(17-6-4-14(18)5-7-17)13-16(12-19-22)20-15-8-10-21(2)11-9-15/h4-7,12-13,15,20H,3,8-11H2,1-2H3/q+1. The minimum Gasteiger partial charge on any atom is -0.376 e. The molecule has 2 heterocycles. The normalized spacial score (nSPS) is 26.2. The largest absolute Gasteiger partial charge is 0.376 e.